The van der Waals surface area contributed by atoms with Gasteiger partial charge in [-0.05, 0) is 76.0 Å². The van der Waals surface area contributed by atoms with E-state index in [4.69, 9.17) is 5.26 Å². The maximum atomic E-state index is 8.92. The molecule has 1 rings (SSSR count). The highest BCUT2D eigenvalue weighted by molar-refractivity contribution is 5.51. The van der Waals surface area contributed by atoms with Crippen LogP contribution in [0.15, 0.2) is 18.2 Å². The Kier molecular flexibility index (Phi) is 8.54. The second kappa shape index (κ2) is 10.2. The van der Waals surface area contributed by atoms with Crippen LogP contribution in [0.5, 0.6) is 0 Å². The minimum atomic E-state index is 0.760. The predicted molar refractivity (Wildman–Crippen MR) is 90.6 cm³/mol. The third-order valence-electron chi connectivity index (χ3n) is 3.66. The van der Waals surface area contributed by atoms with Crippen LogP contribution in [-0.4, -0.2) is 31.1 Å². The molecule has 3 heteroatoms. The van der Waals surface area contributed by atoms with Crippen LogP contribution >= 0.6 is 0 Å². The first-order valence-electron chi connectivity index (χ1n) is 8.18. The maximum absolute atomic E-state index is 8.92. The molecule has 1 aromatic carbocycles. The molecule has 21 heavy (non-hydrogen) atoms. The number of rotatable bonds is 10. The summed E-state index contributed by atoms with van der Waals surface area (Å²) in [4.78, 5) is 2.56. The first-order valence-corrected chi connectivity index (χ1v) is 8.18. The fourth-order valence-corrected chi connectivity index (χ4v) is 2.56. The van der Waals surface area contributed by atoms with Gasteiger partial charge in [0.2, 0.25) is 0 Å². The molecular weight excluding hydrogens is 258 g/mol. The monoisotopic (exact) mass is 287 g/mol. The summed E-state index contributed by atoms with van der Waals surface area (Å²) >= 11 is 0. The topological polar surface area (TPSA) is 39.1 Å². The van der Waals surface area contributed by atoms with Crippen LogP contribution in [0.2, 0.25) is 0 Å². The number of benzene rings is 1. The molecule has 0 radical (unpaired) electrons. The fraction of sp³-hybridized carbons (Fsp3) is 0.611. The van der Waals surface area contributed by atoms with Gasteiger partial charge in [0.05, 0.1) is 11.6 Å². The highest BCUT2D eigenvalue weighted by Crippen LogP contribution is 2.14. The Hall–Kier alpha value is -1.53. The average Bonchev–Trinajstić information content (AvgIpc) is 2.47. The highest BCUT2D eigenvalue weighted by atomic mass is 15.1. The molecule has 0 fully saturated rings. The molecule has 3 nitrogen and oxygen atoms in total. The molecule has 0 amide bonds. The van der Waals surface area contributed by atoms with Crippen LogP contribution in [0.1, 0.15) is 50.7 Å². The van der Waals surface area contributed by atoms with E-state index in [2.05, 4.69) is 36.2 Å². The van der Waals surface area contributed by atoms with Gasteiger partial charge in [-0.15, -0.1) is 0 Å². The van der Waals surface area contributed by atoms with Gasteiger partial charge in [0.25, 0.3) is 0 Å². The summed E-state index contributed by atoms with van der Waals surface area (Å²) in [6, 6.07) is 8.14. The molecule has 0 bridgehead atoms. The van der Waals surface area contributed by atoms with Gasteiger partial charge in [0.1, 0.15) is 0 Å². The van der Waals surface area contributed by atoms with Gasteiger partial charge < -0.3 is 10.2 Å². The van der Waals surface area contributed by atoms with Crippen LogP contribution in [0.3, 0.4) is 0 Å². The second-order valence-electron chi connectivity index (χ2n) is 5.62. The number of nitriles is 1. The number of nitrogens with zero attached hydrogens (tertiary/aromatic N) is 2. The Balaban J connectivity index is 2.25. The predicted octanol–water partition coefficient (Wildman–Crippen LogP) is 4.18. The number of hydrogen-bond donors (Lipinski definition) is 1. The normalized spacial score (nSPS) is 10.6. The van der Waals surface area contributed by atoms with Gasteiger partial charge in [0, 0.05) is 12.2 Å². The lowest BCUT2D eigenvalue weighted by Crippen LogP contribution is -2.26. The molecule has 0 saturated heterocycles. The summed E-state index contributed by atoms with van der Waals surface area (Å²) in [7, 11) is 0. The Morgan fingerprint density at radius 2 is 1.81 bits per heavy atom. The molecule has 1 N–H and O–H groups in total. The lowest BCUT2D eigenvalue weighted by molar-refractivity contribution is 0.270. The summed E-state index contributed by atoms with van der Waals surface area (Å²) in [5.41, 5.74) is 2.92. The van der Waals surface area contributed by atoms with Crippen LogP contribution in [0.4, 0.5) is 5.69 Å². The van der Waals surface area contributed by atoms with E-state index in [1.807, 2.05) is 19.1 Å². The zero-order chi connectivity index (χ0) is 15.5. The largest absolute Gasteiger partial charge is 0.385 e. The molecule has 0 saturated carbocycles. The fourth-order valence-electron chi connectivity index (χ4n) is 2.56. The van der Waals surface area contributed by atoms with Crippen molar-refractivity contribution in [2.75, 3.05) is 31.5 Å². The van der Waals surface area contributed by atoms with E-state index in [1.165, 1.54) is 45.3 Å². The lowest BCUT2D eigenvalue weighted by atomic mass is 10.1. The summed E-state index contributed by atoms with van der Waals surface area (Å²) in [5, 5.41) is 12.4. The van der Waals surface area contributed by atoms with Crippen molar-refractivity contribution in [2.24, 2.45) is 0 Å². The van der Waals surface area contributed by atoms with E-state index >= 15 is 0 Å². The number of hydrogen-bond acceptors (Lipinski definition) is 3. The summed E-state index contributed by atoms with van der Waals surface area (Å²) in [5.74, 6) is 0. The molecule has 0 aliphatic rings. The average molecular weight is 287 g/mol. The summed E-state index contributed by atoms with van der Waals surface area (Å²) < 4.78 is 0. The van der Waals surface area contributed by atoms with E-state index in [-0.39, 0.29) is 0 Å². The van der Waals surface area contributed by atoms with E-state index in [9.17, 15) is 0 Å². The van der Waals surface area contributed by atoms with Gasteiger partial charge in [-0.2, -0.15) is 5.26 Å². The van der Waals surface area contributed by atoms with Crippen molar-refractivity contribution in [3.63, 3.8) is 0 Å². The first-order chi connectivity index (χ1) is 10.2. The van der Waals surface area contributed by atoms with E-state index in [0.717, 1.165) is 23.4 Å². The lowest BCUT2D eigenvalue weighted by Gasteiger charge is -2.20. The molecule has 116 valence electrons. The third-order valence-corrected chi connectivity index (χ3v) is 3.66. The van der Waals surface area contributed by atoms with Gasteiger partial charge in [-0.25, -0.2) is 0 Å². The Morgan fingerprint density at radius 1 is 1.10 bits per heavy atom. The molecule has 0 heterocycles. The SMILES string of the molecule is CCCN(CCC)CCCCNc1ccc(C#N)c(C)c1. The van der Waals surface area contributed by atoms with Crippen molar-refractivity contribution in [3.8, 4) is 6.07 Å². The van der Waals surface area contributed by atoms with Crippen LogP contribution in [0.25, 0.3) is 0 Å². The number of nitrogens with one attached hydrogen (secondary N) is 1. The maximum Gasteiger partial charge on any atom is 0.0994 e. The quantitative estimate of drug-likeness (QED) is 0.656. The smallest absolute Gasteiger partial charge is 0.0994 e. The van der Waals surface area contributed by atoms with Gasteiger partial charge in [-0.1, -0.05) is 13.8 Å². The minimum absolute atomic E-state index is 0.760. The molecule has 0 aliphatic heterocycles. The molecule has 0 aromatic heterocycles. The van der Waals surface area contributed by atoms with Gasteiger partial charge >= 0.3 is 0 Å². The molecular formula is C18H29N3. The van der Waals surface area contributed by atoms with Crippen molar-refractivity contribution in [2.45, 2.75) is 46.5 Å². The van der Waals surface area contributed by atoms with Gasteiger partial charge in [-0.3, -0.25) is 0 Å². The number of aryl methyl sites for hydroxylation is 1. The summed E-state index contributed by atoms with van der Waals surface area (Å²) in [6.07, 6.45) is 4.90. The van der Waals surface area contributed by atoms with Crippen LogP contribution in [0, 0.1) is 18.3 Å². The van der Waals surface area contributed by atoms with E-state index in [1.54, 1.807) is 0 Å². The van der Waals surface area contributed by atoms with Crippen molar-refractivity contribution in [3.05, 3.63) is 29.3 Å². The van der Waals surface area contributed by atoms with Crippen molar-refractivity contribution < 1.29 is 0 Å². The molecule has 0 aliphatic carbocycles. The Bertz CT molecular complexity index is 442. The van der Waals surface area contributed by atoms with Gasteiger partial charge in [0.15, 0.2) is 0 Å². The van der Waals surface area contributed by atoms with Crippen molar-refractivity contribution >= 4 is 5.69 Å². The molecule has 0 atom stereocenters. The summed E-state index contributed by atoms with van der Waals surface area (Å²) in [6.45, 7) is 11.1. The molecule has 0 unspecified atom stereocenters. The first kappa shape index (κ1) is 17.5. The minimum Gasteiger partial charge on any atom is -0.385 e. The van der Waals surface area contributed by atoms with Crippen molar-refractivity contribution in [1.29, 1.82) is 5.26 Å². The van der Waals surface area contributed by atoms with Crippen molar-refractivity contribution in [1.82, 2.24) is 4.90 Å². The van der Waals surface area contributed by atoms with E-state index in [0.29, 0.717) is 0 Å². The highest BCUT2D eigenvalue weighted by Gasteiger charge is 2.02. The van der Waals surface area contributed by atoms with E-state index < -0.39 is 0 Å². The standard InChI is InChI=1S/C18H29N3/c1-4-11-21(12-5-2)13-7-6-10-20-18-9-8-17(15-19)16(3)14-18/h8-9,14,20H,4-7,10-13H2,1-3H3. The van der Waals surface area contributed by atoms with Crippen LogP contribution in [-0.2, 0) is 0 Å². The Morgan fingerprint density at radius 3 is 2.38 bits per heavy atom. The molecule has 1 aromatic rings. The second-order valence-corrected chi connectivity index (χ2v) is 5.62. The Labute approximate surface area is 130 Å². The third kappa shape index (κ3) is 6.64. The number of anilines is 1. The zero-order valence-corrected chi connectivity index (χ0v) is 13.8. The molecule has 0 spiro atoms. The number of unbranched alkanes of at least 4 members (excludes halogenated alkanes) is 1. The zero-order valence-electron chi connectivity index (χ0n) is 13.8. The van der Waals surface area contributed by atoms with Crippen LogP contribution < -0.4 is 5.32 Å².